The molecule has 170 valence electrons. The number of benzene rings is 2. The van der Waals surface area contributed by atoms with Gasteiger partial charge in [-0.25, -0.2) is 13.4 Å². The second-order valence-corrected chi connectivity index (χ2v) is 11.4. The number of pyridine rings is 1. The van der Waals surface area contributed by atoms with Gasteiger partial charge < -0.3 is 0 Å². The van der Waals surface area contributed by atoms with E-state index in [0.717, 1.165) is 21.3 Å². The van der Waals surface area contributed by atoms with Crippen LogP contribution in [0.2, 0.25) is 10.0 Å². The zero-order chi connectivity index (χ0) is 23.6. The summed E-state index contributed by atoms with van der Waals surface area (Å²) in [5.74, 6) is -0.675. The number of carbonyl (C=O) groups excluding carboxylic acids is 1. The fourth-order valence-corrected chi connectivity index (χ4v) is 6.10. The van der Waals surface area contributed by atoms with Crippen molar-refractivity contribution in [2.24, 2.45) is 0 Å². The minimum absolute atomic E-state index is 0.128. The molecule has 33 heavy (non-hydrogen) atoms. The van der Waals surface area contributed by atoms with E-state index < -0.39 is 9.84 Å². The molecular weight excluding hydrogens is 501 g/mol. The number of aromatic nitrogens is 2. The molecule has 10 heteroatoms. The van der Waals surface area contributed by atoms with E-state index in [0.29, 0.717) is 15.2 Å². The van der Waals surface area contributed by atoms with Crippen molar-refractivity contribution in [2.75, 3.05) is 10.7 Å². The molecule has 0 aliphatic heterocycles. The highest BCUT2D eigenvalue weighted by Crippen LogP contribution is 2.34. The van der Waals surface area contributed by atoms with Crippen molar-refractivity contribution >= 4 is 65.6 Å². The highest BCUT2D eigenvalue weighted by atomic mass is 35.5. The molecule has 0 atom stereocenters. The van der Waals surface area contributed by atoms with E-state index in [1.54, 1.807) is 18.5 Å². The Morgan fingerprint density at radius 2 is 1.85 bits per heavy atom. The first-order chi connectivity index (χ1) is 15.7. The summed E-state index contributed by atoms with van der Waals surface area (Å²) in [7, 11) is -3.65. The van der Waals surface area contributed by atoms with Crippen molar-refractivity contribution in [2.45, 2.75) is 24.8 Å². The topological polar surface area (TPSA) is 80.2 Å². The average Bonchev–Trinajstić information content (AvgIpc) is 3.21. The van der Waals surface area contributed by atoms with E-state index in [9.17, 15) is 13.2 Å². The minimum atomic E-state index is -3.65. The van der Waals surface area contributed by atoms with Gasteiger partial charge in [0.05, 0.1) is 27.4 Å². The second kappa shape index (κ2) is 9.77. The third kappa shape index (κ3) is 5.52. The molecule has 2 aromatic heterocycles. The number of rotatable bonds is 7. The maximum Gasteiger partial charge on any atom is 0.230 e. The van der Waals surface area contributed by atoms with E-state index in [4.69, 9.17) is 23.2 Å². The number of sulfone groups is 1. The first-order valence-electron chi connectivity index (χ1n) is 9.97. The lowest BCUT2D eigenvalue weighted by atomic mass is 10.2. The van der Waals surface area contributed by atoms with Crippen LogP contribution in [0, 0.1) is 6.92 Å². The van der Waals surface area contributed by atoms with Gasteiger partial charge in [0.15, 0.2) is 15.0 Å². The average molecular weight is 520 g/mol. The summed E-state index contributed by atoms with van der Waals surface area (Å²) in [5.41, 5.74) is 2.47. The van der Waals surface area contributed by atoms with Crippen LogP contribution >= 0.6 is 34.5 Å². The number of fused-ring (bicyclic) bond motifs is 1. The predicted octanol–water partition coefficient (Wildman–Crippen LogP) is 5.70. The van der Waals surface area contributed by atoms with Crippen LogP contribution in [-0.2, 0) is 21.2 Å². The van der Waals surface area contributed by atoms with Gasteiger partial charge in [-0.05, 0) is 60.5 Å². The van der Waals surface area contributed by atoms with Crippen LogP contribution in [-0.4, -0.2) is 30.0 Å². The number of carbonyl (C=O) groups is 1. The quantitative estimate of drug-likeness (QED) is 0.312. The maximum absolute atomic E-state index is 13.3. The van der Waals surface area contributed by atoms with Gasteiger partial charge in [0.2, 0.25) is 5.91 Å². The highest BCUT2D eigenvalue weighted by Gasteiger charge is 2.24. The van der Waals surface area contributed by atoms with Gasteiger partial charge in [-0.1, -0.05) is 40.6 Å². The molecule has 0 bridgehead atoms. The summed E-state index contributed by atoms with van der Waals surface area (Å²) in [6.07, 6.45) is 3.12. The first kappa shape index (κ1) is 23.6. The number of aryl methyl sites for hydroxylation is 1. The second-order valence-electron chi connectivity index (χ2n) is 7.43. The number of thiazole rings is 1. The van der Waals surface area contributed by atoms with Crippen LogP contribution in [0.1, 0.15) is 17.5 Å². The summed E-state index contributed by atoms with van der Waals surface area (Å²) in [4.78, 5) is 23.7. The molecule has 0 aliphatic rings. The summed E-state index contributed by atoms with van der Waals surface area (Å²) in [6.45, 7) is 2.13. The van der Waals surface area contributed by atoms with Crippen LogP contribution in [0.4, 0.5) is 5.13 Å². The molecule has 0 saturated heterocycles. The number of halogens is 2. The Balaban J connectivity index is 1.62. The van der Waals surface area contributed by atoms with Crippen LogP contribution in [0.25, 0.3) is 10.2 Å². The molecule has 6 nitrogen and oxygen atoms in total. The van der Waals surface area contributed by atoms with Crippen molar-refractivity contribution in [3.05, 3.63) is 82.1 Å². The summed E-state index contributed by atoms with van der Waals surface area (Å²) >= 11 is 13.4. The van der Waals surface area contributed by atoms with E-state index in [1.165, 1.54) is 40.5 Å². The smallest absolute Gasteiger partial charge is 0.230 e. The Bertz CT molecular complexity index is 1410. The molecule has 0 unspecified atom stereocenters. The largest absolute Gasteiger partial charge is 0.284 e. The Kier molecular flexibility index (Phi) is 6.99. The van der Waals surface area contributed by atoms with Crippen molar-refractivity contribution in [3.8, 4) is 0 Å². The number of anilines is 1. The molecular formula is C23H19Cl2N3O3S2. The van der Waals surface area contributed by atoms with Gasteiger partial charge in [-0.15, -0.1) is 0 Å². The molecule has 0 saturated carbocycles. The molecule has 1 amide bonds. The molecule has 0 N–H and O–H groups in total. The Labute approximate surface area is 205 Å². The van der Waals surface area contributed by atoms with Gasteiger partial charge in [-0.3, -0.25) is 14.7 Å². The van der Waals surface area contributed by atoms with Gasteiger partial charge in [0.1, 0.15) is 0 Å². The van der Waals surface area contributed by atoms with Crippen molar-refractivity contribution in [1.29, 1.82) is 0 Å². The predicted molar refractivity (Wildman–Crippen MR) is 133 cm³/mol. The van der Waals surface area contributed by atoms with Gasteiger partial charge in [0, 0.05) is 28.9 Å². The fourth-order valence-electron chi connectivity index (χ4n) is 3.31. The number of nitrogens with zero attached hydrogens (tertiary/aromatic N) is 3. The third-order valence-electron chi connectivity index (χ3n) is 4.99. The van der Waals surface area contributed by atoms with Crippen molar-refractivity contribution in [1.82, 2.24) is 9.97 Å². The zero-order valence-electron chi connectivity index (χ0n) is 17.5. The van der Waals surface area contributed by atoms with Crippen molar-refractivity contribution < 1.29 is 13.2 Å². The zero-order valence-corrected chi connectivity index (χ0v) is 20.7. The molecule has 0 spiro atoms. The molecule has 2 aromatic carbocycles. The van der Waals surface area contributed by atoms with Crippen LogP contribution in [0.3, 0.4) is 0 Å². The van der Waals surface area contributed by atoms with E-state index >= 15 is 0 Å². The van der Waals surface area contributed by atoms with E-state index in [1.807, 2.05) is 25.1 Å². The van der Waals surface area contributed by atoms with Crippen LogP contribution < -0.4 is 4.90 Å². The Morgan fingerprint density at radius 1 is 1.09 bits per heavy atom. The molecule has 0 aliphatic carbocycles. The van der Waals surface area contributed by atoms with E-state index in [-0.39, 0.29) is 29.5 Å². The summed E-state index contributed by atoms with van der Waals surface area (Å²) < 4.78 is 26.3. The van der Waals surface area contributed by atoms with Gasteiger partial charge in [0.25, 0.3) is 0 Å². The fraction of sp³-hybridized carbons (Fsp3) is 0.174. The standard InChI is InChI=1S/C23H19Cl2N3O3S2/c1-15-11-18(25)12-20-22(15)27-23(32-20)28(14-16-3-2-9-26-13-16)21(29)8-10-33(30,31)19-6-4-17(24)5-7-19/h2-7,9,11-13H,8,10,14H2,1H3. The van der Waals surface area contributed by atoms with Crippen LogP contribution in [0.5, 0.6) is 0 Å². The number of amides is 1. The molecule has 4 aromatic rings. The maximum atomic E-state index is 13.3. The normalized spacial score (nSPS) is 11.6. The Hall–Kier alpha value is -2.52. The lowest BCUT2D eigenvalue weighted by Crippen LogP contribution is -2.31. The summed E-state index contributed by atoms with van der Waals surface area (Å²) in [6, 6.07) is 13.2. The molecule has 0 fully saturated rings. The third-order valence-corrected chi connectivity index (χ3v) is 8.22. The number of hydrogen-bond donors (Lipinski definition) is 0. The lowest BCUT2D eigenvalue weighted by molar-refractivity contribution is -0.118. The van der Waals surface area contributed by atoms with E-state index in [2.05, 4.69) is 9.97 Å². The lowest BCUT2D eigenvalue weighted by Gasteiger charge is -2.20. The van der Waals surface area contributed by atoms with Crippen molar-refractivity contribution in [3.63, 3.8) is 0 Å². The number of hydrogen-bond acceptors (Lipinski definition) is 6. The molecule has 2 heterocycles. The monoisotopic (exact) mass is 519 g/mol. The van der Waals surface area contributed by atoms with Gasteiger partial charge >= 0.3 is 0 Å². The summed E-state index contributed by atoms with van der Waals surface area (Å²) in [5, 5.41) is 1.52. The molecule has 4 rings (SSSR count). The van der Waals surface area contributed by atoms with Gasteiger partial charge in [-0.2, -0.15) is 0 Å². The minimum Gasteiger partial charge on any atom is -0.284 e. The highest BCUT2D eigenvalue weighted by molar-refractivity contribution is 7.91. The van der Waals surface area contributed by atoms with Crippen LogP contribution in [0.15, 0.2) is 65.8 Å². The first-order valence-corrected chi connectivity index (χ1v) is 13.2. The molecule has 0 radical (unpaired) electrons. The Morgan fingerprint density at radius 3 is 2.55 bits per heavy atom. The SMILES string of the molecule is Cc1cc(Cl)cc2sc(N(Cc3cccnc3)C(=O)CCS(=O)(=O)c3ccc(Cl)cc3)nc12.